The molecule has 1 aliphatic rings. The van der Waals surface area contributed by atoms with E-state index in [-0.39, 0.29) is 43.6 Å². The number of rotatable bonds is 24. The number of likely N-dealkylation sites (N-methyl/N-ethyl adjacent to an activating group) is 1. The van der Waals surface area contributed by atoms with Gasteiger partial charge >= 0.3 is 0 Å². The van der Waals surface area contributed by atoms with Gasteiger partial charge in [0.25, 0.3) is 0 Å². The average molecular weight is 782 g/mol. The Morgan fingerprint density at radius 1 is 0.764 bits per heavy atom. The van der Waals surface area contributed by atoms with Crippen molar-refractivity contribution in [1.82, 2.24) is 36.8 Å². The minimum atomic E-state index is -1.55. The minimum absolute atomic E-state index is 0.104. The zero-order valence-electron chi connectivity index (χ0n) is 32.9. The van der Waals surface area contributed by atoms with E-state index in [1.165, 1.54) is 11.8 Å². The van der Waals surface area contributed by atoms with E-state index in [0.717, 1.165) is 0 Å². The fraction of sp³-hybridized carbons (Fsp3) is 0.743. The van der Waals surface area contributed by atoms with Crippen molar-refractivity contribution in [3.8, 4) is 0 Å². The third kappa shape index (κ3) is 16.1. The number of guanidine groups is 1. The van der Waals surface area contributed by atoms with Gasteiger partial charge in [0, 0.05) is 33.0 Å². The van der Waals surface area contributed by atoms with Gasteiger partial charge in [-0.1, -0.05) is 40.5 Å². The summed E-state index contributed by atoms with van der Waals surface area (Å²) in [5, 5.41) is 25.5. The summed E-state index contributed by atoms with van der Waals surface area (Å²) in [5.74, 6) is -6.33. The van der Waals surface area contributed by atoms with E-state index < -0.39 is 90.1 Å². The van der Waals surface area contributed by atoms with Crippen molar-refractivity contribution in [2.75, 3.05) is 26.2 Å². The Hall–Kier alpha value is -5.01. The maximum absolute atomic E-state index is 14.0. The lowest BCUT2D eigenvalue weighted by atomic mass is 9.96. The molecule has 312 valence electrons. The molecule has 0 unspecified atom stereocenters. The molecule has 1 fully saturated rings. The number of nitrogens with one attached hydrogen (secondary N) is 6. The number of nitrogens with zero attached hydrogens (tertiary/aromatic N) is 2. The second-order valence-electron chi connectivity index (χ2n) is 13.8. The van der Waals surface area contributed by atoms with E-state index in [1.807, 2.05) is 6.92 Å². The first kappa shape index (κ1) is 48.0. The third-order valence-electron chi connectivity index (χ3n) is 9.52. The van der Waals surface area contributed by atoms with Gasteiger partial charge in [0.05, 0.1) is 6.61 Å². The normalized spacial score (nSPS) is 17.5. The molecule has 0 aromatic carbocycles. The van der Waals surface area contributed by atoms with Crippen molar-refractivity contribution in [3.63, 3.8) is 0 Å². The number of hydrogen-bond acceptors (Lipinski definition) is 10. The smallest absolute Gasteiger partial charge is 0.245 e. The number of carbonyl (C=O) groups excluding carboxylic acids is 8. The van der Waals surface area contributed by atoms with E-state index in [1.54, 1.807) is 27.7 Å². The summed E-state index contributed by atoms with van der Waals surface area (Å²) in [5.41, 5.74) is 16.2. The Labute approximate surface area is 322 Å². The molecule has 1 rings (SSSR count). The zero-order valence-corrected chi connectivity index (χ0v) is 32.9. The molecule has 0 saturated carbocycles. The Morgan fingerprint density at radius 3 is 1.82 bits per heavy atom. The first-order valence-corrected chi connectivity index (χ1v) is 18.9. The van der Waals surface area contributed by atoms with Crippen molar-refractivity contribution >= 4 is 53.2 Å². The van der Waals surface area contributed by atoms with Gasteiger partial charge in [0.1, 0.15) is 36.3 Å². The summed E-state index contributed by atoms with van der Waals surface area (Å²) in [4.78, 5) is 110. The van der Waals surface area contributed by atoms with Crippen molar-refractivity contribution in [1.29, 1.82) is 0 Å². The van der Waals surface area contributed by atoms with Gasteiger partial charge in [-0.25, -0.2) is 0 Å². The van der Waals surface area contributed by atoms with Crippen LogP contribution in [0.4, 0.5) is 0 Å². The van der Waals surface area contributed by atoms with Gasteiger partial charge in [-0.15, -0.1) is 0 Å². The molecule has 0 radical (unpaired) electrons. The van der Waals surface area contributed by atoms with E-state index in [0.29, 0.717) is 45.2 Å². The van der Waals surface area contributed by atoms with Crippen LogP contribution in [0.25, 0.3) is 0 Å². The number of hydrogen-bond donors (Lipinski definition) is 10. The first-order valence-electron chi connectivity index (χ1n) is 18.9. The van der Waals surface area contributed by atoms with Gasteiger partial charge in [-0.2, -0.15) is 0 Å². The van der Waals surface area contributed by atoms with Gasteiger partial charge < -0.3 is 59.1 Å². The van der Waals surface area contributed by atoms with Crippen molar-refractivity contribution in [3.05, 3.63) is 0 Å². The summed E-state index contributed by atoms with van der Waals surface area (Å²) in [6.07, 6.45) is 1.70. The molecular weight excluding hydrogens is 718 g/mol. The second-order valence-corrected chi connectivity index (χ2v) is 13.8. The van der Waals surface area contributed by atoms with Gasteiger partial charge in [0.15, 0.2) is 5.96 Å². The molecule has 55 heavy (non-hydrogen) atoms. The first-order chi connectivity index (χ1) is 25.9. The molecule has 0 aliphatic carbocycles. The summed E-state index contributed by atoms with van der Waals surface area (Å²) < 4.78 is 0. The summed E-state index contributed by atoms with van der Waals surface area (Å²) in [6, 6.07) is -7.09. The number of amides is 8. The standard InChI is InChI=1S/C35H63N11O9/c1-7-19(4)27(41-21(6)48)32(53)44-24(18-47)30(51)42-22(14-15-26(36)49)29(50)45-28(20(5)8-2)33(54)43-23(12-10-16-40-35(37)38)34(55)46-17-11-13-25(46)31(52)39-9-3/h19-20,22-25,27-28,47H,7-18H2,1-6H3,(H2,36,49)(H,39,52)(H,41,48)(H,42,51)(H,43,54)(H,44,53)(H,45,50)(H4,37,38,40)/t19-,20-,22-,23-,24-,25-,27+,28+/m0/s1. The predicted octanol–water partition coefficient (Wildman–Crippen LogP) is -3.04. The lowest BCUT2D eigenvalue weighted by Crippen LogP contribution is -2.61. The van der Waals surface area contributed by atoms with Crippen molar-refractivity contribution < 1.29 is 43.5 Å². The molecule has 1 saturated heterocycles. The van der Waals surface area contributed by atoms with Crippen molar-refractivity contribution in [2.24, 2.45) is 34.0 Å². The molecule has 20 nitrogen and oxygen atoms in total. The fourth-order valence-electron chi connectivity index (χ4n) is 5.98. The van der Waals surface area contributed by atoms with E-state index >= 15 is 0 Å². The van der Waals surface area contributed by atoms with Gasteiger partial charge in [-0.05, 0) is 50.9 Å². The molecule has 13 N–H and O–H groups in total. The molecule has 0 aromatic heterocycles. The number of nitrogens with two attached hydrogens (primary N) is 3. The SMILES string of the molecule is CCNC(=O)[C@@H]1CCCN1C(=O)[C@H](CCCN=C(N)N)NC(=O)[C@H](NC(=O)[C@H](CCC(N)=O)NC(=O)[C@H](CO)NC(=O)[C@H](NC(C)=O)[C@@H](C)CC)[C@@H](C)CC. The van der Waals surface area contributed by atoms with E-state index in [4.69, 9.17) is 17.2 Å². The minimum Gasteiger partial charge on any atom is -0.394 e. The number of primary amides is 1. The van der Waals surface area contributed by atoms with Crippen LogP contribution in [-0.4, -0.2) is 126 Å². The Balaban J connectivity index is 3.34. The second kappa shape index (κ2) is 24.4. The molecule has 8 amide bonds. The van der Waals surface area contributed by atoms with Crippen LogP contribution >= 0.6 is 0 Å². The Morgan fingerprint density at radius 2 is 1.31 bits per heavy atom. The highest BCUT2D eigenvalue weighted by atomic mass is 16.3. The molecule has 0 aromatic rings. The fourth-order valence-corrected chi connectivity index (χ4v) is 5.98. The van der Waals surface area contributed by atoms with Gasteiger partial charge in [0.2, 0.25) is 47.3 Å². The quantitative estimate of drug-likeness (QED) is 0.0267. The zero-order chi connectivity index (χ0) is 41.8. The maximum atomic E-state index is 14.0. The average Bonchev–Trinajstić information content (AvgIpc) is 3.63. The van der Waals surface area contributed by atoms with E-state index in [9.17, 15) is 43.5 Å². The summed E-state index contributed by atoms with van der Waals surface area (Å²) >= 11 is 0. The molecule has 0 spiro atoms. The van der Waals surface area contributed by atoms with Crippen LogP contribution in [0.2, 0.25) is 0 Å². The van der Waals surface area contributed by atoms with Crippen LogP contribution in [0.1, 0.15) is 92.9 Å². The Kier molecular flexibility index (Phi) is 21.3. The highest BCUT2D eigenvalue weighted by molar-refractivity contribution is 5.97. The van der Waals surface area contributed by atoms with Crippen LogP contribution < -0.4 is 49.1 Å². The lowest BCUT2D eigenvalue weighted by Gasteiger charge is -2.31. The molecular formula is C35H63N11O9. The monoisotopic (exact) mass is 781 g/mol. The molecule has 0 bridgehead atoms. The number of carbonyl (C=O) groups is 8. The van der Waals surface area contributed by atoms with Crippen LogP contribution in [0.5, 0.6) is 0 Å². The molecule has 20 heteroatoms. The predicted molar refractivity (Wildman–Crippen MR) is 203 cm³/mol. The Bertz CT molecular complexity index is 1370. The maximum Gasteiger partial charge on any atom is 0.245 e. The topological polar surface area (TPSA) is 323 Å². The lowest BCUT2D eigenvalue weighted by molar-refractivity contribution is -0.142. The number of aliphatic hydroxyl groups is 1. The van der Waals surface area contributed by atoms with Crippen LogP contribution in [0, 0.1) is 11.8 Å². The van der Waals surface area contributed by atoms with Crippen LogP contribution in [0.3, 0.4) is 0 Å². The number of likely N-dealkylation sites (tertiary alicyclic amines) is 1. The highest BCUT2D eigenvalue weighted by Crippen LogP contribution is 2.20. The summed E-state index contributed by atoms with van der Waals surface area (Å²) in [6.45, 7) is 9.98. The van der Waals surface area contributed by atoms with Crippen LogP contribution in [-0.2, 0) is 38.4 Å². The van der Waals surface area contributed by atoms with Gasteiger partial charge in [-0.3, -0.25) is 43.3 Å². The largest absolute Gasteiger partial charge is 0.394 e. The summed E-state index contributed by atoms with van der Waals surface area (Å²) in [7, 11) is 0. The molecule has 8 atom stereocenters. The van der Waals surface area contributed by atoms with E-state index in [2.05, 4.69) is 36.9 Å². The molecule has 1 heterocycles. The third-order valence-corrected chi connectivity index (χ3v) is 9.52. The highest BCUT2D eigenvalue weighted by Gasteiger charge is 2.39. The van der Waals surface area contributed by atoms with Crippen molar-refractivity contribution in [2.45, 2.75) is 129 Å². The molecule has 1 aliphatic heterocycles. The number of aliphatic imine (C=N–C) groups is 1. The number of aliphatic hydroxyl groups excluding tert-OH is 1. The van der Waals surface area contributed by atoms with Crippen LogP contribution in [0.15, 0.2) is 4.99 Å².